The minimum absolute atomic E-state index is 0.0242. The van der Waals surface area contributed by atoms with Gasteiger partial charge in [0.15, 0.2) is 0 Å². The molecule has 0 aliphatic rings. The van der Waals surface area contributed by atoms with Crippen molar-refractivity contribution in [1.29, 1.82) is 5.26 Å². The van der Waals surface area contributed by atoms with Gasteiger partial charge < -0.3 is 15.2 Å². The third-order valence-corrected chi connectivity index (χ3v) is 6.02. The Hall–Kier alpha value is -4.69. The third-order valence-electron chi connectivity index (χ3n) is 6.02. The van der Waals surface area contributed by atoms with Crippen molar-refractivity contribution < 1.29 is 14.6 Å². The maximum atomic E-state index is 11.3. The Morgan fingerprint density at radius 1 is 1.13 bits per heavy atom. The number of hydrogen-bond donors (Lipinski definition) is 2. The zero-order chi connectivity index (χ0) is 28.0. The lowest BCUT2D eigenvalue weighted by molar-refractivity contribution is -0.138. The van der Waals surface area contributed by atoms with Crippen LogP contribution >= 0.6 is 0 Å². The molecule has 0 saturated heterocycles. The first kappa shape index (κ1) is 27.3. The van der Waals surface area contributed by atoms with Crippen LogP contribution in [0.1, 0.15) is 44.1 Å². The van der Waals surface area contributed by atoms with Crippen LogP contribution in [-0.2, 0) is 21.5 Å². The van der Waals surface area contributed by atoms with E-state index in [2.05, 4.69) is 36.7 Å². The Morgan fingerprint density at radius 3 is 2.64 bits per heavy atom. The fourth-order valence-electron chi connectivity index (χ4n) is 4.12. The second-order valence-corrected chi connectivity index (χ2v) is 9.93. The minimum atomic E-state index is -0.873. The average molecular weight is 527 g/mol. The van der Waals surface area contributed by atoms with Crippen LogP contribution in [0.25, 0.3) is 22.6 Å². The summed E-state index contributed by atoms with van der Waals surface area (Å²) in [5.74, 6) is -0.471. The van der Waals surface area contributed by atoms with Crippen LogP contribution in [-0.4, -0.2) is 60.8 Å². The molecule has 200 valence electrons. The molecule has 0 amide bonds. The van der Waals surface area contributed by atoms with Gasteiger partial charge in [0.2, 0.25) is 5.95 Å². The summed E-state index contributed by atoms with van der Waals surface area (Å²) in [4.78, 5) is 25.3. The van der Waals surface area contributed by atoms with Gasteiger partial charge in [0.1, 0.15) is 5.69 Å². The highest BCUT2D eigenvalue weighted by Gasteiger charge is 2.26. The molecule has 0 bridgehead atoms. The number of benzene rings is 1. The second-order valence-electron chi connectivity index (χ2n) is 9.93. The lowest BCUT2D eigenvalue weighted by Crippen LogP contribution is -2.23. The largest absolute Gasteiger partial charge is 0.481 e. The lowest BCUT2D eigenvalue weighted by atomic mass is 9.85. The van der Waals surface area contributed by atoms with Crippen molar-refractivity contribution in [2.45, 2.75) is 45.2 Å². The number of nitrogens with one attached hydrogen (secondary N) is 1. The Labute approximate surface area is 226 Å². The molecule has 0 radical (unpaired) electrons. The van der Waals surface area contributed by atoms with E-state index in [-0.39, 0.29) is 12.5 Å². The van der Waals surface area contributed by atoms with Crippen molar-refractivity contribution in [1.82, 2.24) is 29.9 Å². The molecular weight excluding hydrogens is 496 g/mol. The van der Waals surface area contributed by atoms with Crippen LogP contribution in [0.5, 0.6) is 0 Å². The molecule has 0 aliphatic heterocycles. The number of aromatic nitrogens is 6. The molecule has 1 atom stereocenters. The Bertz CT molecular complexity index is 1510. The smallest absolute Gasteiger partial charge is 0.304 e. The molecule has 0 saturated carbocycles. The number of carbonyl (C=O) groups is 1. The maximum absolute atomic E-state index is 11.3. The van der Waals surface area contributed by atoms with E-state index in [1.165, 1.54) is 0 Å². The molecule has 11 heteroatoms. The van der Waals surface area contributed by atoms with Gasteiger partial charge >= 0.3 is 5.97 Å². The second kappa shape index (κ2) is 11.8. The third kappa shape index (κ3) is 7.00. The molecule has 2 N–H and O–H groups in total. The van der Waals surface area contributed by atoms with Crippen LogP contribution in [0.3, 0.4) is 0 Å². The molecule has 0 aliphatic carbocycles. The highest BCUT2D eigenvalue weighted by Crippen LogP contribution is 2.27. The SMILES string of the molecule is COC[C@@H](C)Nc1nc(-c2cccc(C#N)c2)cc(-c2cn(Cc3cccc(C(C)(C)CC(=O)O)n3)nn2)n1. The summed E-state index contributed by atoms with van der Waals surface area (Å²) in [6.07, 6.45) is 1.75. The Kier molecular flexibility index (Phi) is 8.27. The maximum Gasteiger partial charge on any atom is 0.304 e. The number of carboxylic acid groups (broad SMARTS) is 1. The van der Waals surface area contributed by atoms with Crippen molar-refractivity contribution in [2.24, 2.45) is 0 Å². The molecule has 0 fully saturated rings. The molecule has 4 rings (SSSR count). The first-order valence-electron chi connectivity index (χ1n) is 12.4. The first-order valence-corrected chi connectivity index (χ1v) is 12.4. The summed E-state index contributed by atoms with van der Waals surface area (Å²) in [5, 5.41) is 30.4. The number of aliphatic carboxylic acids is 1. The first-order chi connectivity index (χ1) is 18.7. The van der Waals surface area contributed by atoms with Crippen LogP contribution in [0.2, 0.25) is 0 Å². The summed E-state index contributed by atoms with van der Waals surface area (Å²) in [6, 6.07) is 16.7. The standard InChI is InChI=1S/C28H30N8O3/c1-18(17-39-4)30-27-32-22(20-8-5-7-19(11-20)14-29)12-23(33-27)24-16-36(35-34-24)15-21-9-6-10-25(31-21)28(2,3)13-26(37)38/h5-12,16,18H,13,15,17H2,1-4H3,(H,37,38)(H,30,32,33)/t18-/m1/s1. The van der Waals surface area contributed by atoms with Crippen LogP contribution in [0.4, 0.5) is 5.95 Å². The summed E-state index contributed by atoms with van der Waals surface area (Å²) in [7, 11) is 1.63. The number of hydrogen-bond acceptors (Lipinski definition) is 9. The monoisotopic (exact) mass is 526 g/mol. The van der Waals surface area contributed by atoms with Gasteiger partial charge in [-0.3, -0.25) is 9.78 Å². The molecule has 1 aromatic carbocycles. The van der Waals surface area contributed by atoms with E-state index in [1.54, 1.807) is 30.1 Å². The van der Waals surface area contributed by atoms with E-state index in [0.29, 0.717) is 47.4 Å². The summed E-state index contributed by atoms with van der Waals surface area (Å²) in [6.45, 7) is 6.50. The Balaban J connectivity index is 1.64. The Morgan fingerprint density at radius 2 is 1.90 bits per heavy atom. The number of rotatable bonds is 11. The number of carboxylic acids is 1. The molecule has 3 heterocycles. The molecule has 11 nitrogen and oxygen atoms in total. The van der Waals surface area contributed by atoms with E-state index in [9.17, 15) is 15.2 Å². The number of methoxy groups -OCH3 is 1. The fraction of sp³-hybridized carbons (Fsp3) is 0.321. The van der Waals surface area contributed by atoms with Crippen molar-refractivity contribution >= 4 is 11.9 Å². The normalized spacial score (nSPS) is 12.1. The van der Waals surface area contributed by atoms with E-state index < -0.39 is 11.4 Å². The number of pyridine rings is 1. The minimum Gasteiger partial charge on any atom is -0.481 e. The highest BCUT2D eigenvalue weighted by atomic mass is 16.5. The van der Waals surface area contributed by atoms with Crippen molar-refractivity contribution in [3.63, 3.8) is 0 Å². The predicted molar refractivity (Wildman–Crippen MR) is 145 cm³/mol. The van der Waals surface area contributed by atoms with Gasteiger partial charge in [0, 0.05) is 29.8 Å². The van der Waals surface area contributed by atoms with Crippen molar-refractivity contribution in [3.05, 3.63) is 71.7 Å². The number of ether oxygens (including phenoxy) is 1. The van der Waals surface area contributed by atoms with Gasteiger partial charge in [-0.2, -0.15) is 5.26 Å². The number of anilines is 1. The lowest BCUT2D eigenvalue weighted by Gasteiger charge is -2.22. The number of nitrogens with zero attached hydrogens (tertiary/aromatic N) is 7. The fourth-order valence-corrected chi connectivity index (χ4v) is 4.12. The molecule has 4 aromatic rings. The average Bonchev–Trinajstić information content (AvgIpc) is 3.36. The van der Waals surface area contributed by atoms with E-state index >= 15 is 0 Å². The van der Waals surface area contributed by atoms with Crippen molar-refractivity contribution in [3.8, 4) is 28.7 Å². The van der Waals surface area contributed by atoms with Gasteiger partial charge in [-0.1, -0.05) is 37.3 Å². The zero-order valence-electron chi connectivity index (χ0n) is 22.3. The summed E-state index contributed by atoms with van der Waals surface area (Å²) < 4.78 is 6.89. The quantitative estimate of drug-likeness (QED) is 0.294. The molecule has 0 unspecified atom stereocenters. The number of nitriles is 1. The highest BCUT2D eigenvalue weighted by molar-refractivity contribution is 5.69. The van der Waals surface area contributed by atoms with Crippen LogP contribution in [0.15, 0.2) is 54.7 Å². The molecule has 3 aromatic heterocycles. The molecular formula is C28H30N8O3. The van der Waals surface area contributed by atoms with Gasteiger partial charge in [-0.25, -0.2) is 14.6 Å². The summed E-state index contributed by atoms with van der Waals surface area (Å²) in [5.41, 5.74) is 3.86. The van der Waals surface area contributed by atoms with Gasteiger partial charge in [-0.15, -0.1) is 5.10 Å². The van der Waals surface area contributed by atoms with Gasteiger partial charge in [0.05, 0.1) is 54.5 Å². The van der Waals surface area contributed by atoms with Gasteiger partial charge in [-0.05, 0) is 37.3 Å². The van der Waals surface area contributed by atoms with Crippen LogP contribution < -0.4 is 5.32 Å². The molecule has 0 spiro atoms. The van der Waals surface area contributed by atoms with Crippen LogP contribution in [0, 0.1) is 11.3 Å². The molecule has 39 heavy (non-hydrogen) atoms. The topological polar surface area (TPSA) is 152 Å². The van der Waals surface area contributed by atoms with Gasteiger partial charge in [0.25, 0.3) is 0 Å². The zero-order valence-corrected chi connectivity index (χ0v) is 22.3. The predicted octanol–water partition coefficient (Wildman–Crippen LogP) is 3.92. The van der Waals surface area contributed by atoms with E-state index in [1.807, 2.05) is 57.2 Å². The van der Waals surface area contributed by atoms with Crippen molar-refractivity contribution in [2.75, 3.05) is 19.0 Å². The van der Waals surface area contributed by atoms with E-state index in [0.717, 1.165) is 11.3 Å². The summed E-state index contributed by atoms with van der Waals surface area (Å²) >= 11 is 0. The van der Waals surface area contributed by atoms with E-state index in [4.69, 9.17) is 4.74 Å².